The first-order valence-electron chi connectivity index (χ1n) is 10.2. The summed E-state index contributed by atoms with van der Waals surface area (Å²) in [6, 6.07) is 29.9. The number of benzene rings is 3. The Morgan fingerprint density at radius 2 is 1.50 bits per heavy atom. The van der Waals surface area contributed by atoms with Crippen LogP contribution in [0.25, 0.3) is 0 Å². The summed E-state index contributed by atoms with van der Waals surface area (Å²) in [4.78, 5) is 28.4. The van der Waals surface area contributed by atoms with Gasteiger partial charge in [0.05, 0.1) is 11.5 Å². The van der Waals surface area contributed by atoms with Crippen LogP contribution in [0.4, 0.5) is 17.1 Å². The Labute approximate surface area is 191 Å². The van der Waals surface area contributed by atoms with Crippen LogP contribution in [0.2, 0.25) is 0 Å². The van der Waals surface area contributed by atoms with Crippen LogP contribution in [0.5, 0.6) is 0 Å². The van der Waals surface area contributed by atoms with E-state index in [-0.39, 0.29) is 22.8 Å². The minimum atomic E-state index is -0.355. The Morgan fingerprint density at radius 3 is 2.09 bits per heavy atom. The van der Waals surface area contributed by atoms with Gasteiger partial charge in [-0.05, 0) is 61.5 Å². The van der Waals surface area contributed by atoms with E-state index >= 15 is 0 Å². The average molecular weight is 443 g/mol. The molecule has 0 saturated heterocycles. The van der Waals surface area contributed by atoms with Gasteiger partial charge in [-0.15, -0.1) is 11.8 Å². The Balaban J connectivity index is 1.51. The number of carbonyl (C=O) groups excluding carboxylic acids is 2. The molecule has 160 valence electrons. The quantitative estimate of drug-likeness (QED) is 0.338. The summed E-state index contributed by atoms with van der Waals surface area (Å²) in [6.07, 6.45) is 1.46. The van der Waals surface area contributed by atoms with Crippen molar-refractivity contribution in [2.45, 2.75) is 17.1 Å². The molecule has 0 aliphatic rings. The number of para-hydroxylation sites is 2. The molecule has 2 amide bonds. The summed E-state index contributed by atoms with van der Waals surface area (Å²) in [6.45, 7) is 1.89. The predicted molar refractivity (Wildman–Crippen MR) is 128 cm³/mol. The molecule has 0 aliphatic carbocycles. The number of nitrogens with zero attached hydrogens (tertiary/aromatic N) is 1. The number of nitrogens with one attached hydrogen (secondary N) is 1. The molecule has 32 heavy (non-hydrogen) atoms. The van der Waals surface area contributed by atoms with E-state index in [1.54, 1.807) is 23.1 Å². The molecule has 1 unspecified atom stereocenters. The number of furan rings is 1. The third-order valence-corrected chi connectivity index (χ3v) is 5.83. The van der Waals surface area contributed by atoms with Crippen molar-refractivity contribution in [3.63, 3.8) is 0 Å². The van der Waals surface area contributed by atoms with Crippen molar-refractivity contribution in [2.75, 3.05) is 10.2 Å². The zero-order valence-corrected chi connectivity index (χ0v) is 18.3. The van der Waals surface area contributed by atoms with Crippen molar-refractivity contribution in [2.24, 2.45) is 0 Å². The molecule has 1 N–H and O–H groups in total. The van der Waals surface area contributed by atoms with Gasteiger partial charge in [-0.1, -0.05) is 42.5 Å². The smallest absolute Gasteiger partial charge is 0.291 e. The van der Waals surface area contributed by atoms with Crippen LogP contribution in [-0.4, -0.2) is 17.1 Å². The van der Waals surface area contributed by atoms with E-state index in [2.05, 4.69) is 5.32 Å². The first kappa shape index (κ1) is 21.5. The van der Waals surface area contributed by atoms with Crippen LogP contribution in [-0.2, 0) is 4.79 Å². The first-order chi connectivity index (χ1) is 15.6. The van der Waals surface area contributed by atoms with E-state index in [9.17, 15) is 9.59 Å². The monoisotopic (exact) mass is 442 g/mol. The van der Waals surface area contributed by atoms with E-state index in [1.807, 2.05) is 85.8 Å². The molecule has 3 aromatic carbocycles. The van der Waals surface area contributed by atoms with Crippen LogP contribution in [0.15, 0.2) is 113 Å². The molecule has 1 aromatic heterocycles. The second-order valence-electron chi connectivity index (χ2n) is 7.06. The summed E-state index contributed by atoms with van der Waals surface area (Å²) in [5.41, 5.74) is 2.27. The highest BCUT2D eigenvalue weighted by Crippen LogP contribution is 2.32. The zero-order valence-electron chi connectivity index (χ0n) is 17.5. The maximum atomic E-state index is 13.5. The van der Waals surface area contributed by atoms with Gasteiger partial charge in [-0.2, -0.15) is 0 Å². The van der Waals surface area contributed by atoms with Gasteiger partial charge >= 0.3 is 0 Å². The number of anilines is 3. The van der Waals surface area contributed by atoms with Crippen LogP contribution in [0, 0.1) is 0 Å². The maximum absolute atomic E-state index is 13.5. The third kappa shape index (κ3) is 5.10. The number of amides is 2. The fourth-order valence-corrected chi connectivity index (χ4v) is 4.21. The summed E-state index contributed by atoms with van der Waals surface area (Å²) in [7, 11) is 0. The average Bonchev–Trinajstić information content (AvgIpc) is 3.36. The van der Waals surface area contributed by atoms with Crippen LogP contribution in [0.1, 0.15) is 17.5 Å². The summed E-state index contributed by atoms with van der Waals surface area (Å²) < 4.78 is 5.14. The van der Waals surface area contributed by atoms with Crippen LogP contribution < -0.4 is 10.2 Å². The van der Waals surface area contributed by atoms with Gasteiger partial charge in [-0.3, -0.25) is 14.5 Å². The van der Waals surface area contributed by atoms with E-state index in [0.717, 1.165) is 16.3 Å². The van der Waals surface area contributed by atoms with Crippen molar-refractivity contribution in [3.8, 4) is 0 Å². The van der Waals surface area contributed by atoms with Crippen molar-refractivity contribution < 1.29 is 14.0 Å². The van der Waals surface area contributed by atoms with Crippen LogP contribution >= 0.6 is 11.8 Å². The molecule has 6 heteroatoms. The highest BCUT2D eigenvalue weighted by molar-refractivity contribution is 8.00. The van der Waals surface area contributed by atoms with Gasteiger partial charge in [0.2, 0.25) is 5.91 Å². The van der Waals surface area contributed by atoms with Crippen molar-refractivity contribution in [1.29, 1.82) is 0 Å². The fraction of sp³-hybridized carbons (Fsp3) is 0.0769. The Hall–Kier alpha value is -3.77. The van der Waals surface area contributed by atoms with E-state index in [4.69, 9.17) is 4.42 Å². The van der Waals surface area contributed by atoms with Gasteiger partial charge in [0.25, 0.3) is 5.91 Å². The van der Waals surface area contributed by atoms with Crippen molar-refractivity contribution in [1.82, 2.24) is 0 Å². The molecule has 1 atom stereocenters. The molecule has 0 aliphatic heterocycles. The van der Waals surface area contributed by atoms with Crippen molar-refractivity contribution in [3.05, 3.63) is 109 Å². The van der Waals surface area contributed by atoms with E-state index in [1.165, 1.54) is 18.0 Å². The van der Waals surface area contributed by atoms with Crippen LogP contribution in [0.3, 0.4) is 0 Å². The highest BCUT2D eigenvalue weighted by Gasteiger charge is 2.24. The van der Waals surface area contributed by atoms with Gasteiger partial charge in [-0.25, -0.2) is 0 Å². The third-order valence-electron chi connectivity index (χ3n) is 4.75. The lowest BCUT2D eigenvalue weighted by Gasteiger charge is -2.26. The number of hydrogen-bond donors (Lipinski definition) is 1. The standard InChI is InChI=1S/C26H22N2O3S/c1-19(26(30)28(21-11-4-2-5-12-21)22-13-6-3-7-14-22)32-23-15-8-10-20(18-23)27-25(29)24-16-9-17-31-24/h2-19H,1H3,(H,27,29). The highest BCUT2D eigenvalue weighted by atomic mass is 32.2. The minimum absolute atomic E-state index is 0.0302. The van der Waals surface area contributed by atoms with Crippen molar-refractivity contribution >= 4 is 40.6 Å². The molecule has 0 saturated carbocycles. The summed E-state index contributed by atoms with van der Waals surface area (Å²) >= 11 is 1.44. The van der Waals surface area contributed by atoms with E-state index in [0.29, 0.717) is 5.69 Å². The predicted octanol–water partition coefficient (Wildman–Crippen LogP) is 6.38. The molecule has 0 spiro atoms. The lowest BCUT2D eigenvalue weighted by molar-refractivity contribution is -0.117. The Morgan fingerprint density at radius 1 is 0.844 bits per heavy atom. The normalized spacial score (nSPS) is 11.5. The number of rotatable bonds is 7. The molecule has 0 bridgehead atoms. The molecule has 0 radical (unpaired) electrons. The lowest BCUT2D eigenvalue weighted by Crippen LogP contribution is -2.32. The molecular weight excluding hydrogens is 420 g/mol. The largest absolute Gasteiger partial charge is 0.459 e. The first-order valence-corrected chi connectivity index (χ1v) is 11.1. The SMILES string of the molecule is CC(Sc1cccc(NC(=O)c2ccco2)c1)C(=O)N(c1ccccc1)c1ccccc1. The Kier molecular flexibility index (Phi) is 6.72. The number of thioether (sulfide) groups is 1. The molecular formula is C26H22N2O3S. The van der Waals surface area contributed by atoms with Gasteiger partial charge in [0.1, 0.15) is 0 Å². The summed E-state index contributed by atoms with van der Waals surface area (Å²) in [5.74, 6) is -0.106. The van der Waals surface area contributed by atoms with Gasteiger partial charge in [0, 0.05) is 22.0 Å². The second kappa shape index (κ2) is 10.0. The van der Waals surface area contributed by atoms with E-state index < -0.39 is 0 Å². The lowest BCUT2D eigenvalue weighted by atomic mass is 10.2. The molecule has 4 rings (SSSR count). The molecule has 5 nitrogen and oxygen atoms in total. The van der Waals surface area contributed by atoms with Gasteiger partial charge < -0.3 is 9.73 Å². The van der Waals surface area contributed by atoms with Gasteiger partial charge in [0.15, 0.2) is 5.76 Å². The zero-order chi connectivity index (χ0) is 22.3. The molecule has 0 fully saturated rings. The second-order valence-corrected chi connectivity index (χ2v) is 8.48. The Bertz CT molecular complexity index is 1140. The molecule has 1 heterocycles. The number of carbonyl (C=O) groups is 2. The number of hydrogen-bond acceptors (Lipinski definition) is 4. The fourth-order valence-electron chi connectivity index (χ4n) is 3.24. The topological polar surface area (TPSA) is 62.6 Å². The summed E-state index contributed by atoms with van der Waals surface area (Å²) in [5, 5.41) is 2.47. The molecule has 4 aromatic rings. The maximum Gasteiger partial charge on any atom is 0.291 e. The minimum Gasteiger partial charge on any atom is -0.459 e.